The number of likely N-dealkylation sites (tertiary alicyclic amines) is 1. The van der Waals surface area contributed by atoms with Gasteiger partial charge >= 0.3 is 0 Å². The van der Waals surface area contributed by atoms with Crippen molar-refractivity contribution in [2.75, 3.05) is 6.54 Å². The summed E-state index contributed by atoms with van der Waals surface area (Å²) in [6.45, 7) is 1.66. The molecule has 2 aliphatic rings. The molecule has 1 aliphatic heterocycles. The molecule has 1 aliphatic carbocycles. The van der Waals surface area contributed by atoms with Crippen LogP contribution in [0.2, 0.25) is 0 Å². The van der Waals surface area contributed by atoms with Crippen molar-refractivity contribution in [2.24, 2.45) is 5.92 Å². The van der Waals surface area contributed by atoms with Crippen LogP contribution in [-0.4, -0.2) is 37.3 Å². The first-order valence-electron chi connectivity index (χ1n) is 8.92. The van der Waals surface area contributed by atoms with E-state index in [1.54, 1.807) is 17.5 Å². The number of aromatic nitrogens is 4. The van der Waals surface area contributed by atoms with Crippen LogP contribution in [0.15, 0.2) is 17.8 Å². The number of carbonyl (C=O) groups excluding carboxylic acids is 1. The van der Waals surface area contributed by atoms with Gasteiger partial charge in [0.05, 0.1) is 12.2 Å². The molecule has 3 heterocycles. The minimum absolute atomic E-state index is 0.0115. The summed E-state index contributed by atoms with van der Waals surface area (Å²) < 4.78 is 1.86. The Morgan fingerprint density at radius 3 is 2.88 bits per heavy atom. The molecule has 128 valence electrons. The zero-order valence-corrected chi connectivity index (χ0v) is 14.6. The summed E-state index contributed by atoms with van der Waals surface area (Å²) in [7, 11) is 0. The van der Waals surface area contributed by atoms with E-state index in [-0.39, 0.29) is 11.9 Å². The van der Waals surface area contributed by atoms with Crippen LogP contribution in [0, 0.1) is 5.92 Å². The second-order valence-corrected chi connectivity index (χ2v) is 7.78. The monoisotopic (exact) mass is 345 g/mol. The minimum atomic E-state index is -0.0115. The van der Waals surface area contributed by atoms with Gasteiger partial charge in [0.2, 0.25) is 0 Å². The van der Waals surface area contributed by atoms with E-state index in [2.05, 4.69) is 15.3 Å². The van der Waals surface area contributed by atoms with Gasteiger partial charge < -0.3 is 4.90 Å². The van der Waals surface area contributed by atoms with Crippen LogP contribution in [0.1, 0.15) is 66.5 Å². The van der Waals surface area contributed by atoms with E-state index in [1.807, 2.05) is 21.2 Å². The van der Waals surface area contributed by atoms with Crippen molar-refractivity contribution in [3.63, 3.8) is 0 Å². The van der Waals surface area contributed by atoms with Gasteiger partial charge in [0.15, 0.2) is 5.69 Å². The van der Waals surface area contributed by atoms with Crippen molar-refractivity contribution >= 4 is 17.2 Å². The first-order chi connectivity index (χ1) is 11.8. The highest BCUT2D eigenvalue weighted by molar-refractivity contribution is 7.09. The Balaban J connectivity index is 1.44. The normalized spacial score (nSPS) is 22.2. The second kappa shape index (κ2) is 7.01. The highest BCUT2D eigenvalue weighted by atomic mass is 32.1. The SMILES string of the molecule is O=C(c1cn(CC2CCCCC2)nn1)N1CCCC1c1nccs1. The van der Waals surface area contributed by atoms with Gasteiger partial charge in [-0.25, -0.2) is 4.98 Å². The third-order valence-electron chi connectivity index (χ3n) is 5.18. The highest BCUT2D eigenvalue weighted by Gasteiger charge is 2.33. The Labute approximate surface area is 145 Å². The van der Waals surface area contributed by atoms with Crippen molar-refractivity contribution in [1.82, 2.24) is 24.9 Å². The molecule has 1 unspecified atom stereocenters. The number of nitrogens with zero attached hydrogens (tertiary/aromatic N) is 5. The lowest BCUT2D eigenvalue weighted by molar-refractivity contribution is 0.0729. The van der Waals surface area contributed by atoms with Gasteiger partial charge in [-0.1, -0.05) is 24.5 Å². The number of rotatable bonds is 4. The topological polar surface area (TPSA) is 63.9 Å². The average Bonchev–Trinajstić information content (AvgIpc) is 3.35. The van der Waals surface area contributed by atoms with E-state index in [9.17, 15) is 4.79 Å². The van der Waals surface area contributed by atoms with Crippen LogP contribution in [0.3, 0.4) is 0 Å². The molecule has 4 rings (SSSR count). The first-order valence-corrected chi connectivity index (χ1v) is 9.80. The quantitative estimate of drug-likeness (QED) is 0.853. The van der Waals surface area contributed by atoms with Gasteiger partial charge in [-0.05, 0) is 31.6 Å². The Hall–Kier alpha value is -1.76. The van der Waals surface area contributed by atoms with E-state index >= 15 is 0 Å². The molecule has 6 nitrogen and oxygen atoms in total. The molecule has 0 radical (unpaired) electrons. The molecule has 1 saturated heterocycles. The number of hydrogen-bond donors (Lipinski definition) is 0. The van der Waals surface area contributed by atoms with Crippen molar-refractivity contribution in [3.8, 4) is 0 Å². The molecule has 0 bridgehead atoms. The van der Waals surface area contributed by atoms with E-state index in [0.29, 0.717) is 11.6 Å². The molecule has 1 amide bonds. The summed E-state index contributed by atoms with van der Waals surface area (Å²) in [4.78, 5) is 19.1. The molecular formula is C17H23N5OS. The Bertz CT molecular complexity index is 677. The van der Waals surface area contributed by atoms with E-state index < -0.39 is 0 Å². The molecule has 1 saturated carbocycles. The Morgan fingerprint density at radius 1 is 1.21 bits per heavy atom. The maximum atomic E-state index is 12.8. The smallest absolute Gasteiger partial charge is 0.276 e. The lowest BCUT2D eigenvalue weighted by Gasteiger charge is -2.22. The lowest BCUT2D eigenvalue weighted by atomic mass is 9.89. The summed E-state index contributed by atoms with van der Waals surface area (Å²) in [5.41, 5.74) is 0.467. The van der Waals surface area contributed by atoms with Crippen molar-refractivity contribution in [2.45, 2.75) is 57.5 Å². The molecule has 7 heteroatoms. The zero-order chi connectivity index (χ0) is 16.4. The van der Waals surface area contributed by atoms with Gasteiger partial charge in [-0.15, -0.1) is 16.4 Å². The van der Waals surface area contributed by atoms with Crippen LogP contribution in [0.4, 0.5) is 0 Å². The average molecular weight is 345 g/mol. The highest BCUT2D eigenvalue weighted by Crippen LogP contribution is 2.33. The Morgan fingerprint density at radius 2 is 2.08 bits per heavy atom. The molecule has 2 aromatic rings. The predicted octanol–water partition coefficient (Wildman–Crippen LogP) is 3.29. The van der Waals surface area contributed by atoms with E-state index in [4.69, 9.17) is 0 Å². The fourth-order valence-electron chi connectivity index (χ4n) is 3.93. The maximum absolute atomic E-state index is 12.8. The molecule has 0 N–H and O–H groups in total. The molecule has 0 aromatic carbocycles. The lowest BCUT2D eigenvalue weighted by Crippen LogP contribution is -2.30. The van der Waals surface area contributed by atoms with Crippen molar-refractivity contribution in [1.29, 1.82) is 0 Å². The van der Waals surface area contributed by atoms with Crippen LogP contribution in [0.25, 0.3) is 0 Å². The van der Waals surface area contributed by atoms with Gasteiger partial charge in [0.25, 0.3) is 5.91 Å². The van der Waals surface area contributed by atoms with Gasteiger partial charge in [0, 0.05) is 24.7 Å². The molecule has 24 heavy (non-hydrogen) atoms. The van der Waals surface area contributed by atoms with Crippen LogP contribution in [0.5, 0.6) is 0 Å². The number of hydrogen-bond acceptors (Lipinski definition) is 5. The van der Waals surface area contributed by atoms with Crippen LogP contribution < -0.4 is 0 Å². The summed E-state index contributed by atoms with van der Waals surface area (Å²) in [6.07, 6.45) is 12.1. The van der Waals surface area contributed by atoms with Gasteiger partial charge in [-0.3, -0.25) is 9.48 Å². The van der Waals surface area contributed by atoms with E-state index in [1.165, 1.54) is 32.1 Å². The third-order valence-corrected chi connectivity index (χ3v) is 6.05. The standard InChI is InChI=1S/C17H23N5OS/c23-17(22-9-4-7-15(22)16-18-8-10-24-16)14-12-21(20-19-14)11-13-5-2-1-3-6-13/h8,10,12-13,15H,1-7,9,11H2. The summed E-state index contributed by atoms with van der Waals surface area (Å²) in [5, 5.41) is 11.3. The van der Waals surface area contributed by atoms with Crippen molar-refractivity contribution in [3.05, 3.63) is 28.5 Å². The molecule has 1 atom stereocenters. The molecule has 2 fully saturated rings. The zero-order valence-electron chi connectivity index (χ0n) is 13.8. The largest absolute Gasteiger partial charge is 0.328 e. The Kier molecular flexibility index (Phi) is 4.60. The molecule has 0 spiro atoms. The fourth-order valence-corrected chi connectivity index (χ4v) is 4.72. The van der Waals surface area contributed by atoms with Crippen molar-refractivity contribution < 1.29 is 4.79 Å². The summed E-state index contributed by atoms with van der Waals surface area (Å²) in [6, 6.07) is 0.0981. The minimum Gasteiger partial charge on any atom is -0.328 e. The maximum Gasteiger partial charge on any atom is 0.276 e. The number of carbonyl (C=O) groups is 1. The predicted molar refractivity (Wildman–Crippen MR) is 91.7 cm³/mol. The van der Waals surface area contributed by atoms with Gasteiger partial charge in [0.1, 0.15) is 5.01 Å². The molecular weight excluding hydrogens is 322 g/mol. The van der Waals surface area contributed by atoms with E-state index in [0.717, 1.165) is 30.9 Å². The third kappa shape index (κ3) is 3.22. The summed E-state index contributed by atoms with van der Waals surface area (Å²) >= 11 is 1.62. The van der Waals surface area contributed by atoms with Crippen LogP contribution >= 0.6 is 11.3 Å². The van der Waals surface area contributed by atoms with Crippen LogP contribution in [-0.2, 0) is 6.54 Å². The fraction of sp³-hybridized carbons (Fsp3) is 0.647. The second-order valence-electron chi connectivity index (χ2n) is 6.86. The van der Waals surface area contributed by atoms with Gasteiger partial charge in [-0.2, -0.15) is 0 Å². The number of amides is 1. The first kappa shape index (κ1) is 15.7. The summed E-state index contributed by atoms with van der Waals surface area (Å²) in [5.74, 6) is 0.667. The molecule has 2 aromatic heterocycles. The number of thiazole rings is 1.